The van der Waals surface area contributed by atoms with Crippen LogP contribution in [0.15, 0.2) is 18.2 Å². The average molecular weight is 292 g/mol. The van der Waals surface area contributed by atoms with E-state index >= 15 is 0 Å². The predicted molar refractivity (Wildman–Crippen MR) is 86.9 cm³/mol. The SMILES string of the molecule is COc1cccc(N(CCO)C2CCCCC2)c1[C@@H](C)N. The van der Waals surface area contributed by atoms with E-state index in [2.05, 4.69) is 11.0 Å². The number of methoxy groups -OCH3 is 1. The van der Waals surface area contributed by atoms with Crippen LogP contribution >= 0.6 is 0 Å². The van der Waals surface area contributed by atoms with Crippen molar-refractivity contribution in [2.24, 2.45) is 5.73 Å². The maximum absolute atomic E-state index is 9.48. The molecule has 1 aliphatic carbocycles. The van der Waals surface area contributed by atoms with Crippen LogP contribution < -0.4 is 15.4 Å². The Morgan fingerprint density at radius 3 is 2.62 bits per heavy atom. The summed E-state index contributed by atoms with van der Waals surface area (Å²) in [7, 11) is 1.68. The van der Waals surface area contributed by atoms with Crippen molar-refractivity contribution in [3.8, 4) is 5.75 Å². The van der Waals surface area contributed by atoms with Crippen molar-refractivity contribution in [3.05, 3.63) is 23.8 Å². The average Bonchev–Trinajstić information content (AvgIpc) is 2.52. The van der Waals surface area contributed by atoms with Crippen molar-refractivity contribution in [1.82, 2.24) is 0 Å². The minimum absolute atomic E-state index is 0.0964. The summed E-state index contributed by atoms with van der Waals surface area (Å²) in [5.74, 6) is 0.834. The summed E-state index contributed by atoms with van der Waals surface area (Å²) in [5, 5.41) is 9.48. The first kappa shape index (κ1) is 16.1. The molecule has 0 spiro atoms. The Bertz CT molecular complexity index is 442. The second-order valence-electron chi connectivity index (χ2n) is 5.89. The van der Waals surface area contributed by atoms with Gasteiger partial charge in [0.1, 0.15) is 5.75 Å². The number of rotatable bonds is 6. The van der Waals surface area contributed by atoms with Crippen LogP contribution in [-0.2, 0) is 0 Å². The van der Waals surface area contributed by atoms with Crippen LogP contribution in [0.25, 0.3) is 0 Å². The van der Waals surface area contributed by atoms with Crippen LogP contribution in [0.4, 0.5) is 5.69 Å². The molecule has 1 atom stereocenters. The molecule has 1 aliphatic rings. The largest absolute Gasteiger partial charge is 0.496 e. The number of hydrogen-bond donors (Lipinski definition) is 2. The van der Waals surface area contributed by atoms with E-state index in [9.17, 15) is 5.11 Å². The molecule has 1 aromatic rings. The molecule has 21 heavy (non-hydrogen) atoms. The van der Waals surface area contributed by atoms with Gasteiger partial charge >= 0.3 is 0 Å². The zero-order valence-corrected chi connectivity index (χ0v) is 13.2. The van der Waals surface area contributed by atoms with Gasteiger partial charge < -0.3 is 20.5 Å². The maximum atomic E-state index is 9.48. The first-order valence-corrected chi connectivity index (χ1v) is 7.99. The van der Waals surface area contributed by atoms with Gasteiger partial charge in [0.15, 0.2) is 0 Å². The minimum Gasteiger partial charge on any atom is -0.496 e. The van der Waals surface area contributed by atoms with Gasteiger partial charge in [0, 0.05) is 29.9 Å². The Kier molecular flexibility index (Phi) is 5.88. The van der Waals surface area contributed by atoms with E-state index in [1.165, 1.54) is 32.1 Å². The Hall–Kier alpha value is -1.26. The van der Waals surface area contributed by atoms with Crippen molar-refractivity contribution in [2.45, 2.75) is 51.1 Å². The Balaban J connectivity index is 2.38. The van der Waals surface area contributed by atoms with Crippen molar-refractivity contribution in [1.29, 1.82) is 0 Å². The monoisotopic (exact) mass is 292 g/mol. The van der Waals surface area contributed by atoms with Crippen LogP contribution in [0, 0.1) is 0 Å². The van der Waals surface area contributed by atoms with Crippen LogP contribution in [0.5, 0.6) is 5.75 Å². The fourth-order valence-corrected chi connectivity index (χ4v) is 3.42. The van der Waals surface area contributed by atoms with E-state index in [0.717, 1.165) is 17.0 Å². The quantitative estimate of drug-likeness (QED) is 0.846. The summed E-state index contributed by atoms with van der Waals surface area (Å²) in [4.78, 5) is 2.33. The van der Waals surface area contributed by atoms with Gasteiger partial charge in [-0.3, -0.25) is 0 Å². The smallest absolute Gasteiger partial charge is 0.125 e. The second-order valence-corrected chi connectivity index (χ2v) is 5.89. The molecular weight excluding hydrogens is 264 g/mol. The lowest BCUT2D eigenvalue weighted by atomic mass is 9.92. The molecule has 0 aromatic heterocycles. The number of nitrogens with zero attached hydrogens (tertiary/aromatic N) is 1. The fourth-order valence-electron chi connectivity index (χ4n) is 3.42. The molecule has 2 rings (SSSR count). The third kappa shape index (κ3) is 3.69. The van der Waals surface area contributed by atoms with Gasteiger partial charge in [-0.15, -0.1) is 0 Å². The lowest BCUT2D eigenvalue weighted by Crippen LogP contribution is -2.39. The first-order valence-electron chi connectivity index (χ1n) is 7.99. The fraction of sp³-hybridized carbons (Fsp3) is 0.647. The van der Waals surface area contributed by atoms with Crippen LogP contribution in [0.2, 0.25) is 0 Å². The van der Waals surface area contributed by atoms with Gasteiger partial charge in [0.25, 0.3) is 0 Å². The standard InChI is InChI=1S/C17H28N2O2/c1-13(18)17-15(9-6-10-16(17)21-2)19(11-12-20)14-7-4-3-5-8-14/h6,9-10,13-14,20H,3-5,7-8,11-12,18H2,1-2H3/t13-/m1/s1. The van der Waals surface area contributed by atoms with E-state index in [4.69, 9.17) is 10.5 Å². The maximum Gasteiger partial charge on any atom is 0.125 e. The summed E-state index contributed by atoms with van der Waals surface area (Å²) < 4.78 is 5.49. The molecule has 4 heteroatoms. The molecule has 1 fully saturated rings. The Labute approximate surface area is 127 Å². The molecule has 1 saturated carbocycles. The highest BCUT2D eigenvalue weighted by Gasteiger charge is 2.25. The zero-order chi connectivity index (χ0) is 15.2. The molecule has 0 amide bonds. The van der Waals surface area contributed by atoms with Gasteiger partial charge in [0.2, 0.25) is 0 Å². The lowest BCUT2D eigenvalue weighted by Gasteiger charge is -2.37. The van der Waals surface area contributed by atoms with Crippen molar-refractivity contribution >= 4 is 5.69 Å². The van der Waals surface area contributed by atoms with E-state index in [1.807, 2.05) is 19.1 Å². The summed E-state index contributed by atoms with van der Waals surface area (Å²) in [6, 6.07) is 6.47. The van der Waals surface area contributed by atoms with E-state index in [0.29, 0.717) is 12.6 Å². The molecule has 3 N–H and O–H groups in total. The molecule has 0 saturated heterocycles. The summed E-state index contributed by atoms with van der Waals surface area (Å²) >= 11 is 0. The normalized spacial score (nSPS) is 17.5. The first-order chi connectivity index (χ1) is 10.2. The Morgan fingerprint density at radius 1 is 1.33 bits per heavy atom. The number of hydrogen-bond acceptors (Lipinski definition) is 4. The molecule has 118 valence electrons. The molecular formula is C17H28N2O2. The van der Waals surface area contributed by atoms with Crippen LogP contribution in [-0.4, -0.2) is 31.4 Å². The third-order valence-electron chi connectivity index (χ3n) is 4.38. The summed E-state index contributed by atoms with van der Waals surface area (Å²) in [6.45, 7) is 2.79. The topological polar surface area (TPSA) is 58.7 Å². The van der Waals surface area contributed by atoms with Crippen LogP contribution in [0.3, 0.4) is 0 Å². The van der Waals surface area contributed by atoms with Crippen molar-refractivity contribution in [3.63, 3.8) is 0 Å². The summed E-state index contributed by atoms with van der Waals surface area (Å²) in [5.41, 5.74) is 8.34. The molecule has 0 radical (unpaired) electrons. The number of nitrogens with two attached hydrogens (primary N) is 1. The number of aliphatic hydroxyl groups is 1. The molecule has 1 aromatic carbocycles. The van der Waals surface area contributed by atoms with Crippen molar-refractivity contribution < 1.29 is 9.84 Å². The molecule has 0 unspecified atom stereocenters. The molecule has 4 nitrogen and oxygen atoms in total. The highest BCUT2D eigenvalue weighted by Crippen LogP contribution is 2.36. The van der Waals surface area contributed by atoms with E-state index in [-0.39, 0.29) is 12.6 Å². The second kappa shape index (κ2) is 7.66. The number of aliphatic hydroxyl groups excluding tert-OH is 1. The van der Waals surface area contributed by atoms with E-state index < -0.39 is 0 Å². The van der Waals surface area contributed by atoms with Gasteiger partial charge in [-0.05, 0) is 31.9 Å². The van der Waals surface area contributed by atoms with Crippen molar-refractivity contribution in [2.75, 3.05) is 25.2 Å². The highest BCUT2D eigenvalue weighted by molar-refractivity contribution is 5.61. The van der Waals surface area contributed by atoms with Gasteiger partial charge in [-0.25, -0.2) is 0 Å². The molecule has 0 aliphatic heterocycles. The Morgan fingerprint density at radius 2 is 2.05 bits per heavy atom. The number of benzene rings is 1. The van der Waals surface area contributed by atoms with Gasteiger partial charge in [0.05, 0.1) is 13.7 Å². The molecule has 0 bridgehead atoms. The minimum atomic E-state index is -0.0964. The van der Waals surface area contributed by atoms with E-state index in [1.54, 1.807) is 7.11 Å². The highest BCUT2D eigenvalue weighted by atomic mass is 16.5. The third-order valence-corrected chi connectivity index (χ3v) is 4.38. The zero-order valence-electron chi connectivity index (χ0n) is 13.2. The molecule has 0 heterocycles. The number of ether oxygens (including phenoxy) is 1. The lowest BCUT2D eigenvalue weighted by molar-refractivity contribution is 0.289. The number of anilines is 1. The predicted octanol–water partition coefficient (Wildman–Crippen LogP) is 2.85. The van der Waals surface area contributed by atoms with Gasteiger partial charge in [-0.1, -0.05) is 25.3 Å². The van der Waals surface area contributed by atoms with Gasteiger partial charge in [-0.2, -0.15) is 0 Å². The summed E-state index contributed by atoms with van der Waals surface area (Å²) in [6.07, 6.45) is 6.24. The van der Waals surface area contributed by atoms with Crippen LogP contribution in [0.1, 0.15) is 50.6 Å².